The number of nitrogens with zero attached hydrogens (tertiary/aromatic N) is 3. The number of nitrogens with one attached hydrogen (secondary N) is 1. The first kappa shape index (κ1) is 18.6. The van der Waals surface area contributed by atoms with Crippen LogP contribution < -0.4 is 19.5 Å². The monoisotopic (exact) mass is 444 g/mol. The molecular formula is C20H21BrN4O3. The van der Waals surface area contributed by atoms with Crippen molar-refractivity contribution in [3.05, 3.63) is 58.3 Å². The fourth-order valence-corrected chi connectivity index (χ4v) is 3.94. The van der Waals surface area contributed by atoms with Gasteiger partial charge in [0.05, 0.1) is 33.4 Å². The molecule has 28 heavy (non-hydrogen) atoms. The van der Waals surface area contributed by atoms with Crippen LogP contribution in [-0.4, -0.2) is 36.1 Å². The lowest BCUT2D eigenvalue weighted by Gasteiger charge is -2.32. The van der Waals surface area contributed by atoms with E-state index in [0.29, 0.717) is 17.2 Å². The predicted molar refractivity (Wildman–Crippen MR) is 109 cm³/mol. The Labute approximate surface area is 171 Å². The molecule has 4 rings (SSSR count). The van der Waals surface area contributed by atoms with Gasteiger partial charge in [-0.05, 0) is 36.2 Å². The highest BCUT2D eigenvalue weighted by Gasteiger charge is 2.33. The zero-order valence-electron chi connectivity index (χ0n) is 15.8. The van der Waals surface area contributed by atoms with E-state index < -0.39 is 0 Å². The van der Waals surface area contributed by atoms with Crippen LogP contribution in [-0.2, 0) is 0 Å². The second kappa shape index (κ2) is 7.71. The predicted octanol–water partition coefficient (Wildman–Crippen LogP) is 4.21. The number of halogens is 1. The molecule has 2 aromatic carbocycles. The van der Waals surface area contributed by atoms with Gasteiger partial charge < -0.3 is 19.5 Å². The summed E-state index contributed by atoms with van der Waals surface area (Å²) in [6, 6.07) is 12.2. The third-order valence-electron chi connectivity index (χ3n) is 5.00. The van der Waals surface area contributed by atoms with Crippen LogP contribution in [0.25, 0.3) is 0 Å². The van der Waals surface area contributed by atoms with E-state index >= 15 is 0 Å². The average molecular weight is 445 g/mol. The maximum absolute atomic E-state index is 5.72. The Morgan fingerprint density at radius 2 is 1.75 bits per heavy atom. The molecule has 1 aromatic heterocycles. The highest BCUT2D eigenvalue weighted by molar-refractivity contribution is 9.10. The summed E-state index contributed by atoms with van der Waals surface area (Å²) in [5.41, 5.74) is 2.15. The summed E-state index contributed by atoms with van der Waals surface area (Å²) in [5, 5.41) is 7.92. The van der Waals surface area contributed by atoms with Crippen LogP contribution in [0.1, 0.15) is 29.6 Å². The Kier molecular flexibility index (Phi) is 5.13. The fourth-order valence-electron chi connectivity index (χ4n) is 3.68. The number of anilines is 1. The summed E-state index contributed by atoms with van der Waals surface area (Å²) in [7, 11) is 4.86. The van der Waals surface area contributed by atoms with E-state index in [0.717, 1.165) is 22.4 Å². The van der Waals surface area contributed by atoms with Crippen molar-refractivity contribution >= 4 is 21.9 Å². The van der Waals surface area contributed by atoms with Crippen LogP contribution in [0.5, 0.6) is 17.2 Å². The van der Waals surface area contributed by atoms with E-state index in [2.05, 4.69) is 43.5 Å². The number of methoxy groups -OCH3 is 3. The maximum Gasteiger partial charge on any atom is 0.222 e. The molecule has 0 aliphatic carbocycles. The van der Waals surface area contributed by atoms with Crippen LogP contribution in [0.2, 0.25) is 0 Å². The molecule has 0 saturated heterocycles. The number of benzene rings is 2. The van der Waals surface area contributed by atoms with Crippen LogP contribution in [0, 0.1) is 0 Å². The average Bonchev–Trinajstić information content (AvgIpc) is 3.21. The van der Waals surface area contributed by atoms with E-state index in [-0.39, 0.29) is 12.1 Å². The van der Waals surface area contributed by atoms with Gasteiger partial charge in [-0.3, -0.25) is 0 Å². The standard InChI is InChI=1S/C20H21BrN4O3/c1-26-17-9-8-14(18(27-2)19(17)28-3)16-10-15(12-4-6-13(21)7-5-12)24-20-22-11-23-25(16)20/h4-9,11,15-16H,10H2,1-3H3,(H,22,23,24). The SMILES string of the molecule is COc1ccc(C2CC(c3ccc(Br)cc3)Nc3ncnn32)c(OC)c1OC. The molecule has 1 N–H and O–H groups in total. The molecule has 0 amide bonds. The molecular weight excluding hydrogens is 424 g/mol. The molecule has 7 nitrogen and oxygen atoms in total. The van der Waals surface area contributed by atoms with Gasteiger partial charge in [-0.2, -0.15) is 10.1 Å². The number of rotatable bonds is 5. The molecule has 1 aliphatic rings. The van der Waals surface area contributed by atoms with Crippen LogP contribution >= 0.6 is 15.9 Å². The summed E-state index contributed by atoms with van der Waals surface area (Å²) < 4.78 is 19.6. The Balaban J connectivity index is 1.80. The topological polar surface area (TPSA) is 70.4 Å². The normalized spacial score (nSPS) is 18.1. The molecule has 0 radical (unpaired) electrons. The van der Waals surface area contributed by atoms with E-state index in [1.807, 2.05) is 28.9 Å². The van der Waals surface area contributed by atoms with Crippen molar-refractivity contribution in [2.24, 2.45) is 0 Å². The summed E-state index contributed by atoms with van der Waals surface area (Å²) in [6.45, 7) is 0. The van der Waals surface area contributed by atoms with Gasteiger partial charge in [0.25, 0.3) is 0 Å². The number of ether oxygens (including phenoxy) is 3. The van der Waals surface area contributed by atoms with Gasteiger partial charge in [0.1, 0.15) is 6.33 Å². The molecule has 2 unspecified atom stereocenters. The van der Waals surface area contributed by atoms with Crippen molar-refractivity contribution in [3.8, 4) is 17.2 Å². The number of hydrogen-bond donors (Lipinski definition) is 1. The van der Waals surface area contributed by atoms with Crippen LogP contribution in [0.3, 0.4) is 0 Å². The molecule has 0 bridgehead atoms. The molecule has 0 fully saturated rings. The Hall–Kier alpha value is -2.74. The first-order chi connectivity index (χ1) is 13.7. The van der Waals surface area contributed by atoms with Crippen LogP contribution in [0.4, 0.5) is 5.95 Å². The molecule has 3 aromatic rings. The van der Waals surface area contributed by atoms with Gasteiger partial charge in [-0.25, -0.2) is 4.68 Å². The van der Waals surface area contributed by atoms with E-state index in [1.165, 1.54) is 5.56 Å². The lowest BCUT2D eigenvalue weighted by Crippen LogP contribution is -2.28. The minimum atomic E-state index is -0.0675. The zero-order valence-corrected chi connectivity index (χ0v) is 17.4. The Bertz CT molecular complexity index is 974. The minimum Gasteiger partial charge on any atom is -0.493 e. The molecule has 8 heteroatoms. The summed E-state index contributed by atoms with van der Waals surface area (Å²) in [5.74, 6) is 2.56. The highest BCUT2D eigenvalue weighted by atomic mass is 79.9. The number of aromatic nitrogens is 3. The largest absolute Gasteiger partial charge is 0.493 e. The lowest BCUT2D eigenvalue weighted by molar-refractivity contribution is 0.315. The summed E-state index contributed by atoms with van der Waals surface area (Å²) in [4.78, 5) is 4.39. The number of hydrogen-bond acceptors (Lipinski definition) is 6. The van der Waals surface area contributed by atoms with Crippen molar-refractivity contribution in [2.45, 2.75) is 18.5 Å². The first-order valence-corrected chi connectivity index (χ1v) is 9.66. The van der Waals surface area contributed by atoms with Gasteiger partial charge in [0.2, 0.25) is 11.7 Å². The third-order valence-corrected chi connectivity index (χ3v) is 5.53. The fraction of sp³-hybridized carbons (Fsp3) is 0.300. The van der Waals surface area contributed by atoms with E-state index in [4.69, 9.17) is 14.2 Å². The van der Waals surface area contributed by atoms with Crippen molar-refractivity contribution in [3.63, 3.8) is 0 Å². The highest BCUT2D eigenvalue weighted by Crippen LogP contribution is 2.46. The quantitative estimate of drug-likeness (QED) is 0.635. The van der Waals surface area contributed by atoms with Crippen molar-refractivity contribution in [2.75, 3.05) is 26.6 Å². The summed E-state index contributed by atoms with van der Waals surface area (Å²) >= 11 is 3.50. The molecule has 2 atom stereocenters. The Morgan fingerprint density at radius 1 is 1.00 bits per heavy atom. The zero-order chi connectivity index (χ0) is 19.7. The molecule has 146 valence electrons. The van der Waals surface area contributed by atoms with E-state index in [1.54, 1.807) is 27.7 Å². The van der Waals surface area contributed by atoms with Gasteiger partial charge in [-0.1, -0.05) is 28.1 Å². The van der Waals surface area contributed by atoms with Crippen molar-refractivity contribution in [1.29, 1.82) is 0 Å². The maximum atomic E-state index is 5.72. The Morgan fingerprint density at radius 3 is 2.43 bits per heavy atom. The van der Waals surface area contributed by atoms with Gasteiger partial charge in [0, 0.05) is 10.0 Å². The van der Waals surface area contributed by atoms with Gasteiger partial charge >= 0.3 is 0 Å². The van der Waals surface area contributed by atoms with Crippen molar-refractivity contribution < 1.29 is 14.2 Å². The number of fused-ring (bicyclic) bond motifs is 1. The van der Waals surface area contributed by atoms with Crippen molar-refractivity contribution in [1.82, 2.24) is 14.8 Å². The van der Waals surface area contributed by atoms with Gasteiger partial charge in [0.15, 0.2) is 11.5 Å². The van der Waals surface area contributed by atoms with Crippen LogP contribution in [0.15, 0.2) is 47.2 Å². The molecule has 2 heterocycles. The first-order valence-electron chi connectivity index (χ1n) is 8.86. The molecule has 1 aliphatic heterocycles. The minimum absolute atomic E-state index is 0.0675. The third kappa shape index (κ3) is 3.17. The summed E-state index contributed by atoms with van der Waals surface area (Å²) in [6.07, 6.45) is 2.34. The molecule has 0 saturated carbocycles. The molecule has 0 spiro atoms. The second-order valence-corrected chi connectivity index (χ2v) is 7.37. The second-order valence-electron chi connectivity index (χ2n) is 6.45. The smallest absolute Gasteiger partial charge is 0.222 e. The van der Waals surface area contributed by atoms with E-state index in [9.17, 15) is 0 Å². The van der Waals surface area contributed by atoms with Gasteiger partial charge in [-0.15, -0.1) is 0 Å². The lowest BCUT2D eigenvalue weighted by atomic mass is 9.92.